The molecule has 0 spiro atoms. The number of hydrogen-bond acceptors (Lipinski definition) is 2. The summed E-state index contributed by atoms with van der Waals surface area (Å²) in [4.78, 5) is 24.5. The van der Waals surface area contributed by atoms with E-state index in [4.69, 9.17) is 5.11 Å². The average Bonchev–Trinajstić information content (AvgIpc) is 2.86. The molecule has 0 saturated carbocycles. The summed E-state index contributed by atoms with van der Waals surface area (Å²) in [5.74, 6) is -1.37. The van der Waals surface area contributed by atoms with E-state index < -0.39 is 11.9 Å². The number of nitrogens with zero attached hydrogens (tertiary/aromatic N) is 1. The van der Waals surface area contributed by atoms with Gasteiger partial charge < -0.3 is 10.4 Å². The first kappa shape index (κ1) is 14.1. The third-order valence-electron chi connectivity index (χ3n) is 3.40. The zero-order valence-corrected chi connectivity index (χ0v) is 11.5. The fourth-order valence-electron chi connectivity index (χ4n) is 2.20. The first-order chi connectivity index (χ1) is 9.47. The number of hydrogen-bond donors (Lipinski definition) is 2. The van der Waals surface area contributed by atoms with Crippen molar-refractivity contribution in [2.24, 2.45) is 5.92 Å². The van der Waals surface area contributed by atoms with E-state index >= 15 is 0 Å². The fourth-order valence-corrected chi connectivity index (χ4v) is 2.20. The molecule has 1 aliphatic rings. The molecule has 0 fully saturated rings. The van der Waals surface area contributed by atoms with Crippen molar-refractivity contribution in [3.05, 3.63) is 42.0 Å². The van der Waals surface area contributed by atoms with Gasteiger partial charge >= 0.3 is 12.0 Å². The van der Waals surface area contributed by atoms with Crippen molar-refractivity contribution in [1.29, 1.82) is 0 Å². The molecule has 0 bridgehead atoms. The number of aliphatic carboxylic acids is 1. The number of urea groups is 1. The van der Waals surface area contributed by atoms with Crippen molar-refractivity contribution in [3.63, 3.8) is 0 Å². The number of rotatable bonds is 3. The molecule has 1 aromatic carbocycles. The number of carbonyl (C=O) groups is 2. The second-order valence-corrected chi connectivity index (χ2v) is 5.02. The number of anilines is 1. The number of amides is 2. The molecule has 106 valence electrons. The minimum Gasteiger partial charge on any atom is -0.481 e. The highest BCUT2D eigenvalue weighted by atomic mass is 16.4. The Balaban J connectivity index is 1.96. The standard InChI is InChI=1S/C15H18N2O3/c1-10-4-3-5-13(8-10)17(2)15(20)16-12-7-6-11(9-12)14(18)19/h3-8,11-12H,9H2,1-2H3,(H,16,20)(H,18,19). The molecular formula is C15H18N2O3. The van der Waals surface area contributed by atoms with E-state index in [9.17, 15) is 9.59 Å². The Morgan fingerprint density at radius 3 is 2.70 bits per heavy atom. The summed E-state index contributed by atoms with van der Waals surface area (Å²) in [7, 11) is 1.69. The van der Waals surface area contributed by atoms with Crippen LogP contribution in [0.1, 0.15) is 12.0 Å². The van der Waals surface area contributed by atoms with Crippen molar-refractivity contribution >= 4 is 17.7 Å². The maximum atomic E-state index is 12.1. The van der Waals surface area contributed by atoms with Crippen LogP contribution in [0, 0.1) is 12.8 Å². The summed E-state index contributed by atoms with van der Waals surface area (Å²) in [6.07, 6.45) is 3.77. The minimum absolute atomic E-state index is 0.226. The van der Waals surface area contributed by atoms with Crippen molar-refractivity contribution in [1.82, 2.24) is 5.32 Å². The van der Waals surface area contributed by atoms with E-state index in [1.165, 1.54) is 4.90 Å². The molecule has 1 aliphatic carbocycles. The Bertz CT molecular complexity index is 554. The second kappa shape index (κ2) is 5.77. The molecule has 2 N–H and O–H groups in total. The molecule has 0 aromatic heterocycles. The molecule has 0 heterocycles. The number of carboxylic acids is 1. The lowest BCUT2D eigenvalue weighted by molar-refractivity contribution is -0.140. The van der Waals surface area contributed by atoms with Crippen LogP contribution in [0.5, 0.6) is 0 Å². The van der Waals surface area contributed by atoms with Gasteiger partial charge in [-0.25, -0.2) is 4.79 Å². The maximum Gasteiger partial charge on any atom is 0.322 e. The first-order valence-corrected chi connectivity index (χ1v) is 6.49. The van der Waals surface area contributed by atoms with Crippen LogP contribution in [-0.4, -0.2) is 30.2 Å². The van der Waals surface area contributed by atoms with Crippen LogP contribution in [0.15, 0.2) is 36.4 Å². The van der Waals surface area contributed by atoms with Crippen LogP contribution in [0.4, 0.5) is 10.5 Å². The van der Waals surface area contributed by atoms with Crippen molar-refractivity contribution in [2.75, 3.05) is 11.9 Å². The number of aryl methyl sites for hydroxylation is 1. The zero-order valence-electron chi connectivity index (χ0n) is 11.5. The molecule has 5 heteroatoms. The minimum atomic E-state index is -0.856. The van der Waals surface area contributed by atoms with E-state index in [0.717, 1.165) is 11.3 Å². The van der Waals surface area contributed by atoms with Crippen LogP contribution >= 0.6 is 0 Å². The molecule has 0 aliphatic heterocycles. The Labute approximate surface area is 117 Å². The molecule has 2 atom stereocenters. The third kappa shape index (κ3) is 3.17. The lowest BCUT2D eigenvalue weighted by Gasteiger charge is -2.21. The Hall–Kier alpha value is -2.30. The quantitative estimate of drug-likeness (QED) is 0.830. The summed E-state index contributed by atoms with van der Waals surface area (Å²) in [5, 5.41) is 11.7. The van der Waals surface area contributed by atoms with E-state index in [-0.39, 0.29) is 12.1 Å². The largest absolute Gasteiger partial charge is 0.481 e. The van der Waals surface area contributed by atoms with Gasteiger partial charge in [-0.1, -0.05) is 24.3 Å². The lowest BCUT2D eigenvalue weighted by Crippen LogP contribution is -2.42. The highest BCUT2D eigenvalue weighted by Gasteiger charge is 2.26. The lowest BCUT2D eigenvalue weighted by atomic mass is 10.1. The maximum absolute atomic E-state index is 12.1. The van der Waals surface area contributed by atoms with Gasteiger partial charge in [-0.2, -0.15) is 0 Å². The predicted octanol–water partition coefficient (Wildman–Crippen LogP) is 2.17. The number of carboxylic acid groups (broad SMARTS) is 1. The van der Waals surface area contributed by atoms with Crippen LogP contribution < -0.4 is 10.2 Å². The van der Waals surface area contributed by atoms with Gasteiger partial charge in [0.2, 0.25) is 0 Å². The third-order valence-corrected chi connectivity index (χ3v) is 3.40. The summed E-state index contributed by atoms with van der Waals surface area (Å²) >= 11 is 0. The molecule has 2 rings (SSSR count). The summed E-state index contributed by atoms with van der Waals surface area (Å²) in [6.45, 7) is 1.96. The summed E-state index contributed by atoms with van der Waals surface area (Å²) in [5.41, 5.74) is 1.88. The van der Waals surface area contributed by atoms with Gasteiger partial charge in [0, 0.05) is 12.7 Å². The highest BCUT2D eigenvalue weighted by molar-refractivity contribution is 5.91. The Morgan fingerprint density at radius 1 is 1.35 bits per heavy atom. The van der Waals surface area contributed by atoms with E-state index in [1.54, 1.807) is 19.2 Å². The molecule has 5 nitrogen and oxygen atoms in total. The fraction of sp³-hybridized carbons (Fsp3) is 0.333. The van der Waals surface area contributed by atoms with Crippen LogP contribution in [0.2, 0.25) is 0 Å². The normalized spacial score (nSPS) is 20.7. The highest BCUT2D eigenvalue weighted by Crippen LogP contribution is 2.19. The SMILES string of the molecule is Cc1cccc(N(C)C(=O)NC2C=CC(C(=O)O)C2)c1. The van der Waals surface area contributed by atoms with Gasteiger partial charge in [0.25, 0.3) is 0 Å². The van der Waals surface area contributed by atoms with Crippen LogP contribution in [0.25, 0.3) is 0 Å². The van der Waals surface area contributed by atoms with E-state index in [1.807, 2.05) is 31.2 Å². The van der Waals surface area contributed by atoms with Crippen LogP contribution in [0.3, 0.4) is 0 Å². The van der Waals surface area contributed by atoms with Gasteiger partial charge in [0.15, 0.2) is 0 Å². The molecule has 20 heavy (non-hydrogen) atoms. The van der Waals surface area contributed by atoms with Crippen molar-refractivity contribution in [2.45, 2.75) is 19.4 Å². The zero-order chi connectivity index (χ0) is 14.7. The van der Waals surface area contributed by atoms with Crippen LogP contribution in [-0.2, 0) is 4.79 Å². The van der Waals surface area contributed by atoms with Gasteiger partial charge in [0.05, 0.1) is 12.0 Å². The van der Waals surface area contributed by atoms with Gasteiger partial charge in [-0.05, 0) is 31.0 Å². The predicted molar refractivity (Wildman–Crippen MR) is 76.8 cm³/mol. The molecule has 0 saturated heterocycles. The first-order valence-electron chi connectivity index (χ1n) is 6.49. The smallest absolute Gasteiger partial charge is 0.322 e. The molecule has 0 radical (unpaired) electrons. The second-order valence-electron chi connectivity index (χ2n) is 5.02. The molecule has 2 amide bonds. The van der Waals surface area contributed by atoms with Crippen molar-refractivity contribution < 1.29 is 14.7 Å². The van der Waals surface area contributed by atoms with E-state index in [2.05, 4.69) is 5.32 Å². The number of carbonyl (C=O) groups excluding carboxylic acids is 1. The average molecular weight is 274 g/mol. The molecule has 2 unspecified atom stereocenters. The topological polar surface area (TPSA) is 69.6 Å². The molecule has 1 aromatic rings. The molecular weight excluding hydrogens is 256 g/mol. The Kier molecular flexibility index (Phi) is 4.08. The van der Waals surface area contributed by atoms with Crippen molar-refractivity contribution in [3.8, 4) is 0 Å². The monoisotopic (exact) mass is 274 g/mol. The van der Waals surface area contributed by atoms with Gasteiger partial charge in [-0.15, -0.1) is 0 Å². The van der Waals surface area contributed by atoms with Gasteiger partial charge in [0.1, 0.15) is 0 Å². The Morgan fingerprint density at radius 2 is 2.10 bits per heavy atom. The number of nitrogens with one attached hydrogen (secondary N) is 1. The van der Waals surface area contributed by atoms with E-state index in [0.29, 0.717) is 6.42 Å². The number of benzene rings is 1. The summed E-state index contributed by atoms with van der Waals surface area (Å²) in [6, 6.07) is 7.17. The van der Waals surface area contributed by atoms with Gasteiger partial charge in [-0.3, -0.25) is 9.69 Å². The summed E-state index contributed by atoms with van der Waals surface area (Å²) < 4.78 is 0.